The molecule has 4 nitrogen and oxygen atoms in total. The zero-order valence-corrected chi connectivity index (χ0v) is 12.0. The van der Waals surface area contributed by atoms with E-state index in [1.165, 1.54) is 0 Å². The van der Waals surface area contributed by atoms with Gasteiger partial charge in [-0.05, 0) is 43.8 Å². The van der Waals surface area contributed by atoms with E-state index < -0.39 is 0 Å². The average Bonchev–Trinajstić information content (AvgIpc) is 2.42. The smallest absolute Gasteiger partial charge is 0.120 e. The average molecular weight is 271 g/mol. The Bertz CT molecular complexity index is 584. The summed E-state index contributed by atoms with van der Waals surface area (Å²) in [5, 5.41) is 9.89. The molecule has 2 rings (SSSR count). The van der Waals surface area contributed by atoms with Crippen molar-refractivity contribution in [1.29, 1.82) is 0 Å². The quantitative estimate of drug-likeness (QED) is 0.648. The van der Waals surface area contributed by atoms with Crippen LogP contribution in [0.25, 0.3) is 0 Å². The summed E-state index contributed by atoms with van der Waals surface area (Å²) >= 11 is 0. The van der Waals surface area contributed by atoms with Crippen LogP contribution >= 0.6 is 0 Å². The Morgan fingerprint density at radius 3 is 2.70 bits per heavy atom. The van der Waals surface area contributed by atoms with Gasteiger partial charge in [-0.3, -0.25) is 9.88 Å². The van der Waals surface area contributed by atoms with Gasteiger partial charge in [-0.1, -0.05) is 13.0 Å². The first kappa shape index (κ1) is 14.3. The summed E-state index contributed by atoms with van der Waals surface area (Å²) in [6, 6.07) is 11.2. The van der Waals surface area contributed by atoms with E-state index in [4.69, 9.17) is 5.73 Å². The molecule has 0 unspecified atom stereocenters. The molecule has 1 aromatic carbocycles. The maximum atomic E-state index is 9.89. The van der Waals surface area contributed by atoms with Crippen molar-refractivity contribution in [2.24, 2.45) is 0 Å². The van der Waals surface area contributed by atoms with Gasteiger partial charge in [0.25, 0.3) is 0 Å². The minimum Gasteiger partial charge on any atom is -0.508 e. The molecule has 1 aromatic heterocycles. The molecule has 0 amide bonds. The van der Waals surface area contributed by atoms with Crippen LogP contribution in [0, 0.1) is 6.92 Å². The van der Waals surface area contributed by atoms with Crippen molar-refractivity contribution in [3.05, 3.63) is 53.3 Å². The molecule has 2 aromatic rings. The van der Waals surface area contributed by atoms with Crippen LogP contribution in [0.2, 0.25) is 0 Å². The molecule has 0 aliphatic carbocycles. The Morgan fingerprint density at radius 1 is 1.20 bits per heavy atom. The molecule has 0 radical (unpaired) electrons. The third-order valence-corrected chi connectivity index (χ3v) is 3.28. The van der Waals surface area contributed by atoms with Gasteiger partial charge in [0.2, 0.25) is 0 Å². The van der Waals surface area contributed by atoms with Crippen LogP contribution in [0.3, 0.4) is 0 Å². The summed E-state index contributed by atoms with van der Waals surface area (Å²) in [6.07, 6.45) is 0. The zero-order valence-electron chi connectivity index (χ0n) is 12.0. The molecule has 20 heavy (non-hydrogen) atoms. The number of aromatic nitrogens is 1. The summed E-state index contributed by atoms with van der Waals surface area (Å²) < 4.78 is 0. The van der Waals surface area contributed by atoms with Crippen molar-refractivity contribution in [1.82, 2.24) is 9.88 Å². The molecule has 0 atom stereocenters. The number of phenols is 1. The number of hydrogen-bond acceptors (Lipinski definition) is 4. The maximum Gasteiger partial charge on any atom is 0.120 e. The van der Waals surface area contributed by atoms with Crippen LogP contribution in [0.1, 0.15) is 23.9 Å². The molecule has 0 fully saturated rings. The predicted octanol–water partition coefficient (Wildman–Crippen LogP) is 2.70. The predicted molar refractivity (Wildman–Crippen MR) is 81.3 cm³/mol. The molecular formula is C16H21N3O. The topological polar surface area (TPSA) is 62.4 Å². The third kappa shape index (κ3) is 3.71. The van der Waals surface area contributed by atoms with Gasteiger partial charge in [0, 0.05) is 30.0 Å². The number of nitrogen functional groups attached to an aromatic ring is 1. The monoisotopic (exact) mass is 271 g/mol. The fourth-order valence-electron chi connectivity index (χ4n) is 2.17. The van der Waals surface area contributed by atoms with E-state index in [0.29, 0.717) is 12.2 Å². The molecule has 1 heterocycles. The van der Waals surface area contributed by atoms with E-state index in [1.807, 2.05) is 31.2 Å². The molecule has 0 aliphatic heterocycles. The standard InChI is InChI=1S/C16H21N3O/c1-3-19(11-15-6-4-5-12(2)18-15)10-13-9-14(17)7-8-16(13)20/h4-9,20H,3,10-11,17H2,1-2H3. The van der Waals surface area contributed by atoms with E-state index in [1.54, 1.807) is 12.1 Å². The van der Waals surface area contributed by atoms with Gasteiger partial charge in [-0.25, -0.2) is 0 Å². The van der Waals surface area contributed by atoms with Crippen molar-refractivity contribution in [2.45, 2.75) is 26.9 Å². The van der Waals surface area contributed by atoms with Crippen molar-refractivity contribution < 1.29 is 5.11 Å². The third-order valence-electron chi connectivity index (χ3n) is 3.28. The van der Waals surface area contributed by atoms with Crippen LogP contribution in [0.4, 0.5) is 5.69 Å². The fraction of sp³-hybridized carbons (Fsp3) is 0.312. The number of aromatic hydroxyl groups is 1. The van der Waals surface area contributed by atoms with Crippen LogP contribution < -0.4 is 5.73 Å². The minimum atomic E-state index is 0.287. The highest BCUT2D eigenvalue weighted by Gasteiger charge is 2.09. The number of nitrogens with zero attached hydrogens (tertiary/aromatic N) is 2. The Hall–Kier alpha value is -2.07. The number of phenolic OH excluding ortho intramolecular Hbond substituents is 1. The highest BCUT2D eigenvalue weighted by Crippen LogP contribution is 2.22. The van der Waals surface area contributed by atoms with Gasteiger partial charge in [-0.15, -0.1) is 0 Å². The van der Waals surface area contributed by atoms with Crippen molar-refractivity contribution >= 4 is 5.69 Å². The van der Waals surface area contributed by atoms with Crippen LogP contribution in [0.5, 0.6) is 5.75 Å². The zero-order chi connectivity index (χ0) is 14.5. The Balaban J connectivity index is 2.11. The number of benzene rings is 1. The van der Waals surface area contributed by atoms with Gasteiger partial charge in [0.05, 0.1) is 5.69 Å². The van der Waals surface area contributed by atoms with Crippen LogP contribution in [-0.4, -0.2) is 21.5 Å². The molecule has 106 valence electrons. The van der Waals surface area contributed by atoms with Gasteiger partial charge in [0.1, 0.15) is 5.75 Å². The highest BCUT2D eigenvalue weighted by molar-refractivity contribution is 5.47. The van der Waals surface area contributed by atoms with Crippen molar-refractivity contribution in [2.75, 3.05) is 12.3 Å². The van der Waals surface area contributed by atoms with Crippen molar-refractivity contribution in [3.8, 4) is 5.75 Å². The Morgan fingerprint density at radius 2 is 2.00 bits per heavy atom. The van der Waals surface area contributed by atoms with Gasteiger partial charge < -0.3 is 10.8 Å². The summed E-state index contributed by atoms with van der Waals surface area (Å²) in [5.74, 6) is 0.287. The molecule has 0 bridgehead atoms. The van der Waals surface area contributed by atoms with Crippen LogP contribution in [-0.2, 0) is 13.1 Å². The van der Waals surface area contributed by atoms with Gasteiger partial charge in [0.15, 0.2) is 0 Å². The van der Waals surface area contributed by atoms with E-state index in [9.17, 15) is 5.11 Å². The van der Waals surface area contributed by atoms with Gasteiger partial charge in [-0.2, -0.15) is 0 Å². The molecule has 0 aliphatic rings. The normalized spacial score (nSPS) is 10.9. The first-order chi connectivity index (χ1) is 9.58. The minimum absolute atomic E-state index is 0.287. The van der Waals surface area contributed by atoms with Gasteiger partial charge >= 0.3 is 0 Å². The lowest BCUT2D eigenvalue weighted by atomic mass is 10.1. The molecule has 4 heteroatoms. The van der Waals surface area contributed by atoms with E-state index in [0.717, 1.165) is 30.0 Å². The number of pyridine rings is 1. The second-order valence-corrected chi connectivity index (χ2v) is 4.96. The summed E-state index contributed by atoms with van der Waals surface area (Å²) in [5.41, 5.74) is 9.35. The number of aryl methyl sites for hydroxylation is 1. The Kier molecular flexibility index (Phi) is 4.58. The number of nitrogens with two attached hydrogens (primary N) is 1. The van der Waals surface area contributed by atoms with E-state index in [-0.39, 0.29) is 5.75 Å². The molecule has 0 saturated carbocycles. The lowest BCUT2D eigenvalue weighted by Crippen LogP contribution is -2.23. The lowest BCUT2D eigenvalue weighted by Gasteiger charge is -2.21. The lowest BCUT2D eigenvalue weighted by molar-refractivity contribution is 0.264. The Labute approximate surface area is 119 Å². The summed E-state index contributed by atoms with van der Waals surface area (Å²) in [4.78, 5) is 6.73. The number of anilines is 1. The number of rotatable bonds is 5. The first-order valence-corrected chi connectivity index (χ1v) is 6.80. The second kappa shape index (κ2) is 6.39. The highest BCUT2D eigenvalue weighted by atomic mass is 16.3. The summed E-state index contributed by atoms with van der Waals surface area (Å²) in [6.45, 7) is 6.38. The van der Waals surface area contributed by atoms with E-state index in [2.05, 4.69) is 16.8 Å². The second-order valence-electron chi connectivity index (χ2n) is 4.96. The van der Waals surface area contributed by atoms with Crippen LogP contribution in [0.15, 0.2) is 36.4 Å². The number of hydrogen-bond donors (Lipinski definition) is 2. The molecular weight excluding hydrogens is 250 g/mol. The SMILES string of the molecule is CCN(Cc1cccc(C)n1)Cc1cc(N)ccc1O. The largest absolute Gasteiger partial charge is 0.508 e. The fourth-order valence-corrected chi connectivity index (χ4v) is 2.17. The molecule has 0 spiro atoms. The summed E-state index contributed by atoms with van der Waals surface area (Å²) in [7, 11) is 0. The maximum absolute atomic E-state index is 9.89. The molecule has 3 N–H and O–H groups in total. The van der Waals surface area contributed by atoms with E-state index >= 15 is 0 Å². The van der Waals surface area contributed by atoms with Crippen molar-refractivity contribution in [3.63, 3.8) is 0 Å². The first-order valence-electron chi connectivity index (χ1n) is 6.80. The molecule has 0 saturated heterocycles.